The lowest BCUT2D eigenvalue weighted by Gasteiger charge is -2.10. The van der Waals surface area contributed by atoms with Gasteiger partial charge in [0.15, 0.2) is 0 Å². The second-order valence-corrected chi connectivity index (χ2v) is 4.51. The van der Waals surface area contributed by atoms with Crippen molar-refractivity contribution in [3.63, 3.8) is 0 Å². The summed E-state index contributed by atoms with van der Waals surface area (Å²) in [6, 6.07) is 7.98. The van der Waals surface area contributed by atoms with Crippen molar-refractivity contribution < 1.29 is 4.74 Å². The minimum Gasteiger partial charge on any atom is -0.488 e. The molecule has 0 amide bonds. The minimum atomic E-state index is 0.116. The molecule has 82 valence electrons. The van der Waals surface area contributed by atoms with Crippen LogP contribution in [0.15, 0.2) is 35.3 Å². The molecule has 0 aromatic heterocycles. The van der Waals surface area contributed by atoms with Crippen LogP contribution in [0.1, 0.15) is 24.9 Å². The van der Waals surface area contributed by atoms with E-state index in [2.05, 4.69) is 29.4 Å². The number of benzene rings is 1. The maximum absolute atomic E-state index is 5.90. The van der Waals surface area contributed by atoms with Gasteiger partial charge in [0.2, 0.25) is 0 Å². The van der Waals surface area contributed by atoms with E-state index in [1.54, 1.807) is 0 Å². The first-order valence-corrected chi connectivity index (χ1v) is 5.74. The summed E-state index contributed by atoms with van der Waals surface area (Å²) in [5.74, 6) is 0.836. The van der Waals surface area contributed by atoms with E-state index in [1.165, 1.54) is 0 Å². The molecule has 0 spiro atoms. The molecule has 1 atom stereocenters. The van der Waals surface area contributed by atoms with E-state index in [-0.39, 0.29) is 6.04 Å². The summed E-state index contributed by atoms with van der Waals surface area (Å²) in [5.41, 5.74) is 7.05. The Hall–Kier alpha value is -0.800. The molecule has 2 nitrogen and oxygen atoms in total. The predicted molar refractivity (Wildman–Crippen MR) is 67.2 cm³/mol. The number of hydrogen-bond donors (Lipinski definition) is 1. The lowest BCUT2D eigenvalue weighted by Crippen LogP contribution is -2.08. The standard InChI is InChI=1S/C12H16BrNO/c1-3-12(14)10-4-6-11(7-5-10)15-8-9(2)13/h4-7,12H,2-3,8,14H2,1H3/t12-/m0/s1. The number of halogens is 1. The van der Waals surface area contributed by atoms with Crippen LogP contribution in [-0.2, 0) is 0 Å². The summed E-state index contributed by atoms with van der Waals surface area (Å²) in [4.78, 5) is 0. The second-order valence-electron chi connectivity index (χ2n) is 3.39. The Morgan fingerprint density at radius 1 is 1.47 bits per heavy atom. The van der Waals surface area contributed by atoms with Crippen molar-refractivity contribution in [1.29, 1.82) is 0 Å². The highest BCUT2D eigenvalue weighted by Gasteiger charge is 2.02. The molecule has 0 unspecified atom stereocenters. The zero-order chi connectivity index (χ0) is 11.3. The largest absolute Gasteiger partial charge is 0.488 e. The van der Waals surface area contributed by atoms with Gasteiger partial charge in [-0.3, -0.25) is 0 Å². The lowest BCUT2D eigenvalue weighted by atomic mass is 10.1. The number of ether oxygens (including phenoxy) is 1. The molecule has 2 N–H and O–H groups in total. The maximum atomic E-state index is 5.90. The van der Waals surface area contributed by atoms with Crippen LogP contribution >= 0.6 is 15.9 Å². The Balaban J connectivity index is 2.60. The minimum absolute atomic E-state index is 0.116. The molecule has 0 fully saturated rings. The smallest absolute Gasteiger partial charge is 0.119 e. The van der Waals surface area contributed by atoms with Crippen molar-refractivity contribution in [2.24, 2.45) is 5.73 Å². The third-order valence-corrected chi connectivity index (χ3v) is 2.37. The van der Waals surface area contributed by atoms with E-state index in [0.29, 0.717) is 6.61 Å². The molecule has 0 aliphatic carbocycles. The van der Waals surface area contributed by atoms with E-state index in [9.17, 15) is 0 Å². The third-order valence-electron chi connectivity index (χ3n) is 2.14. The summed E-state index contributed by atoms with van der Waals surface area (Å²) in [7, 11) is 0. The fourth-order valence-corrected chi connectivity index (χ4v) is 1.32. The van der Waals surface area contributed by atoms with Gasteiger partial charge < -0.3 is 10.5 Å². The summed E-state index contributed by atoms with van der Waals surface area (Å²) in [6.07, 6.45) is 0.943. The molecule has 0 aliphatic rings. The van der Waals surface area contributed by atoms with Gasteiger partial charge >= 0.3 is 0 Å². The summed E-state index contributed by atoms with van der Waals surface area (Å²) >= 11 is 3.24. The quantitative estimate of drug-likeness (QED) is 0.890. The monoisotopic (exact) mass is 269 g/mol. The maximum Gasteiger partial charge on any atom is 0.119 e. The second kappa shape index (κ2) is 5.93. The van der Waals surface area contributed by atoms with Gasteiger partial charge in [-0.15, -0.1) is 0 Å². The third kappa shape index (κ3) is 4.06. The molecule has 0 aliphatic heterocycles. The normalized spacial score (nSPS) is 12.2. The van der Waals surface area contributed by atoms with Gasteiger partial charge in [-0.25, -0.2) is 0 Å². The summed E-state index contributed by atoms with van der Waals surface area (Å²) < 4.78 is 6.28. The van der Waals surface area contributed by atoms with Crippen molar-refractivity contribution in [2.75, 3.05) is 6.61 Å². The molecular formula is C12H16BrNO. The van der Waals surface area contributed by atoms with Crippen LogP contribution < -0.4 is 10.5 Å². The van der Waals surface area contributed by atoms with Gasteiger partial charge in [-0.05, 0) is 24.1 Å². The van der Waals surface area contributed by atoms with Gasteiger partial charge in [0.1, 0.15) is 12.4 Å². The zero-order valence-electron chi connectivity index (χ0n) is 8.87. The van der Waals surface area contributed by atoms with E-state index < -0.39 is 0 Å². The Bertz CT molecular complexity index is 321. The van der Waals surface area contributed by atoms with E-state index >= 15 is 0 Å². The number of hydrogen-bond acceptors (Lipinski definition) is 2. The number of rotatable bonds is 5. The molecule has 0 bridgehead atoms. The SMILES string of the molecule is C=C(Br)COc1ccc([C@@H](N)CC)cc1. The summed E-state index contributed by atoms with van der Waals surface area (Å²) in [5, 5.41) is 0. The van der Waals surface area contributed by atoms with Crippen LogP contribution in [0.4, 0.5) is 0 Å². The Kier molecular flexibility index (Phi) is 4.85. The predicted octanol–water partition coefficient (Wildman–Crippen LogP) is 3.38. The fourth-order valence-electron chi connectivity index (χ4n) is 1.21. The van der Waals surface area contributed by atoms with Crippen LogP contribution in [0.25, 0.3) is 0 Å². The Morgan fingerprint density at radius 2 is 2.07 bits per heavy atom. The first-order chi connectivity index (χ1) is 7.13. The van der Waals surface area contributed by atoms with Crippen molar-refractivity contribution in [1.82, 2.24) is 0 Å². The van der Waals surface area contributed by atoms with Crippen LogP contribution in [-0.4, -0.2) is 6.61 Å². The van der Waals surface area contributed by atoms with Crippen molar-refractivity contribution in [3.05, 3.63) is 40.9 Å². The van der Waals surface area contributed by atoms with Gasteiger partial charge in [0.25, 0.3) is 0 Å². The lowest BCUT2D eigenvalue weighted by molar-refractivity contribution is 0.361. The Morgan fingerprint density at radius 3 is 2.53 bits per heavy atom. The molecule has 0 saturated heterocycles. The topological polar surface area (TPSA) is 35.2 Å². The van der Waals surface area contributed by atoms with E-state index in [1.807, 2.05) is 24.3 Å². The Labute approximate surface area is 99.3 Å². The van der Waals surface area contributed by atoms with Gasteiger partial charge in [0.05, 0.1) is 0 Å². The molecule has 0 heterocycles. The molecule has 15 heavy (non-hydrogen) atoms. The highest BCUT2D eigenvalue weighted by molar-refractivity contribution is 9.11. The molecular weight excluding hydrogens is 254 g/mol. The van der Waals surface area contributed by atoms with Gasteiger partial charge in [0, 0.05) is 10.5 Å². The molecule has 3 heteroatoms. The first kappa shape index (κ1) is 12.3. The highest BCUT2D eigenvalue weighted by Crippen LogP contribution is 2.18. The van der Waals surface area contributed by atoms with Gasteiger partial charge in [-0.1, -0.05) is 41.6 Å². The first-order valence-electron chi connectivity index (χ1n) is 4.95. The molecule has 1 aromatic rings. The van der Waals surface area contributed by atoms with E-state index in [0.717, 1.165) is 22.2 Å². The van der Waals surface area contributed by atoms with Gasteiger partial charge in [-0.2, -0.15) is 0 Å². The van der Waals surface area contributed by atoms with Crippen molar-refractivity contribution in [3.8, 4) is 5.75 Å². The molecule has 1 rings (SSSR count). The van der Waals surface area contributed by atoms with Crippen LogP contribution in [0.3, 0.4) is 0 Å². The highest BCUT2D eigenvalue weighted by atomic mass is 79.9. The molecule has 1 aromatic carbocycles. The average molecular weight is 270 g/mol. The average Bonchev–Trinajstić information content (AvgIpc) is 2.26. The number of nitrogens with two attached hydrogens (primary N) is 1. The van der Waals surface area contributed by atoms with E-state index in [4.69, 9.17) is 10.5 Å². The zero-order valence-corrected chi connectivity index (χ0v) is 10.5. The van der Waals surface area contributed by atoms with Crippen LogP contribution in [0, 0.1) is 0 Å². The fraction of sp³-hybridized carbons (Fsp3) is 0.333. The molecule has 0 radical (unpaired) electrons. The molecule has 0 saturated carbocycles. The van der Waals surface area contributed by atoms with Crippen LogP contribution in [0.2, 0.25) is 0 Å². The van der Waals surface area contributed by atoms with Crippen molar-refractivity contribution >= 4 is 15.9 Å². The summed E-state index contributed by atoms with van der Waals surface area (Å²) in [6.45, 7) is 6.26. The van der Waals surface area contributed by atoms with Crippen LogP contribution in [0.5, 0.6) is 5.75 Å². The van der Waals surface area contributed by atoms with Crippen molar-refractivity contribution in [2.45, 2.75) is 19.4 Å².